The third kappa shape index (κ3) is 3.82. The fourth-order valence-electron chi connectivity index (χ4n) is 0.864. The molecule has 0 bridgehead atoms. The molecule has 6 nitrogen and oxygen atoms in total. The number of ether oxygens (including phenoxy) is 1. The van der Waals surface area contributed by atoms with E-state index in [0.717, 1.165) is 0 Å². The van der Waals surface area contributed by atoms with E-state index in [4.69, 9.17) is 10.5 Å². The fourth-order valence-corrected chi connectivity index (χ4v) is 1.67. The Balaban J connectivity index is 2.79. The number of hydrogen-bond acceptors (Lipinski definition) is 7. The number of aromatic nitrogens is 3. The minimum atomic E-state index is -0.446. The van der Waals surface area contributed by atoms with Gasteiger partial charge in [-0.1, -0.05) is 18.7 Å². The van der Waals surface area contributed by atoms with Gasteiger partial charge < -0.3 is 15.6 Å². The van der Waals surface area contributed by atoms with Crippen LogP contribution < -0.4 is 10.5 Å². The lowest BCUT2D eigenvalue weighted by Crippen LogP contribution is -2.16. The summed E-state index contributed by atoms with van der Waals surface area (Å²) in [6, 6.07) is 0.218. The van der Waals surface area contributed by atoms with E-state index in [9.17, 15) is 5.11 Å². The van der Waals surface area contributed by atoms with Crippen molar-refractivity contribution in [3.05, 3.63) is 0 Å². The number of nitrogens with zero attached hydrogens (tertiary/aromatic N) is 3. The highest BCUT2D eigenvalue weighted by Crippen LogP contribution is 2.23. The number of aliphatic hydroxyl groups excluding tert-OH is 1. The number of hydrogen-bond donors (Lipinski definition) is 2. The van der Waals surface area contributed by atoms with Crippen LogP contribution in [0.25, 0.3) is 0 Å². The highest BCUT2D eigenvalue weighted by molar-refractivity contribution is 7.99. The molecule has 1 heterocycles. The van der Waals surface area contributed by atoms with Crippen molar-refractivity contribution in [3.63, 3.8) is 0 Å². The van der Waals surface area contributed by atoms with Gasteiger partial charge in [-0.25, -0.2) is 0 Å². The third-order valence-corrected chi connectivity index (χ3v) is 3.01. The highest BCUT2D eigenvalue weighted by Gasteiger charge is 2.14. The van der Waals surface area contributed by atoms with Crippen LogP contribution in [0, 0.1) is 0 Å². The average molecular weight is 244 g/mol. The van der Waals surface area contributed by atoms with Crippen LogP contribution >= 0.6 is 11.8 Å². The molecule has 0 amide bonds. The molecule has 0 aliphatic carbocycles. The van der Waals surface area contributed by atoms with Crippen LogP contribution in [0.5, 0.6) is 6.01 Å². The normalized spacial score (nSPS) is 14.5. The van der Waals surface area contributed by atoms with E-state index in [1.807, 2.05) is 13.8 Å². The van der Waals surface area contributed by atoms with Gasteiger partial charge in [0.25, 0.3) is 0 Å². The third-order valence-electron chi connectivity index (χ3n) is 1.86. The standard InChI is InChI=1S/C9H16N4O2S/c1-4-15-8-11-7(10)12-9(13-8)16-6(3)5(2)14/h5-6,14H,4H2,1-3H3,(H2,10,11,12,13). The zero-order chi connectivity index (χ0) is 12.1. The van der Waals surface area contributed by atoms with Gasteiger partial charge in [-0.2, -0.15) is 15.0 Å². The molecule has 7 heteroatoms. The number of nitrogen functional groups attached to an aromatic ring is 1. The lowest BCUT2D eigenvalue weighted by Gasteiger charge is -2.12. The van der Waals surface area contributed by atoms with Crippen molar-refractivity contribution >= 4 is 17.7 Å². The summed E-state index contributed by atoms with van der Waals surface area (Å²) < 4.78 is 5.15. The summed E-state index contributed by atoms with van der Waals surface area (Å²) >= 11 is 1.33. The number of aliphatic hydroxyl groups is 1. The Labute approximate surface area is 98.7 Å². The van der Waals surface area contributed by atoms with Crippen molar-refractivity contribution in [3.8, 4) is 6.01 Å². The summed E-state index contributed by atoms with van der Waals surface area (Å²) in [5, 5.41) is 9.81. The monoisotopic (exact) mass is 244 g/mol. The Hall–Kier alpha value is -1.08. The fraction of sp³-hybridized carbons (Fsp3) is 0.667. The van der Waals surface area contributed by atoms with Crippen molar-refractivity contribution < 1.29 is 9.84 Å². The number of thioether (sulfide) groups is 1. The molecule has 1 aromatic rings. The molecule has 0 radical (unpaired) electrons. The lowest BCUT2D eigenvalue weighted by atomic mass is 10.3. The van der Waals surface area contributed by atoms with E-state index < -0.39 is 6.10 Å². The first-order chi connectivity index (χ1) is 7.52. The van der Waals surface area contributed by atoms with Crippen LogP contribution in [0.3, 0.4) is 0 Å². The van der Waals surface area contributed by atoms with E-state index in [2.05, 4.69) is 15.0 Å². The number of nitrogens with two attached hydrogens (primary N) is 1. The maximum atomic E-state index is 9.37. The molecule has 90 valence electrons. The van der Waals surface area contributed by atoms with Crippen LogP contribution in [0.2, 0.25) is 0 Å². The van der Waals surface area contributed by atoms with Crippen LogP contribution in [-0.2, 0) is 0 Å². The second-order valence-corrected chi connectivity index (χ2v) is 4.60. The summed E-state index contributed by atoms with van der Waals surface area (Å²) in [6.45, 7) is 5.91. The molecular formula is C9H16N4O2S. The first-order valence-electron chi connectivity index (χ1n) is 5.02. The minimum Gasteiger partial charge on any atom is -0.464 e. The zero-order valence-electron chi connectivity index (χ0n) is 9.54. The molecule has 0 aliphatic heterocycles. The smallest absolute Gasteiger partial charge is 0.322 e. The van der Waals surface area contributed by atoms with Crippen molar-refractivity contribution in [2.24, 2.45) is 0 Å². The summed E-state index contributed by atoms with van der Waals surface area (Å²) in [6.07, 6.45) is -0.446. The number of rotatable bonds is 5. The molecule has 3 N–H and O–H groups in total. The Kier molecular flexibility index (Phi) is 4.75. The highest BCUT2D eigenvalue weighted by atomic mass is 32.2. The Morgan fingerprint density at radius 2 is 2.06 bits per heavy atom. The van der Waals surface area contributed by atoms with Gasteiger partial charge in [0.1, 0.15) is 0 Å². The van der Waals surface area contributed by atoms with Crippen molar-refractivity contribution in [1.82, 2.24) is 15.0 Å². The summed E-state index contributed by atoms with van der Waals surface area (Å²) in [7, 11) is 0. The van der Waals surface area contributed by atoms with E-state index in [0.29, 0.717) is 11.8 Å². The SMILES string of the molecule is CCOc1nc(N)nc(SC(C)C(C)O)n1. The van der Waals surface area contributed by atoms with Gasteiger partial charge in [-0.15, -0.1) is 0 Å². The Morgan fingerprint density at radius 1 is 1.38 bits per heavy atom. The first kappa shape index (κ1) is 13.0. The van der Waals surface area contributed by atoms with Gasteiger partial charge in [0.15, 0.2) is 5.16 Å². The van der Waals surface area contributed by atoms with Gasteiger partial charge in [0, 0.05) is 5.25 Å². The van der Waals surface area contributed by atoms with Crippen LogP contribution in [0.4, 0.5) is 5.95 Å². The van der Waals surface area contributed by atoms with Crippen molar-refractivity contribution in [2.75, 3.05) is 12.3 Å². The van der Waals surface area contributed by atoms with Crippen LogP contribution in [0.1, 0.15) is 20.8 Å². The largest absolute Gasteiger partial charge is 0.464 e. The second kappa shape index (κ2) is 5.86. The van der Waals surface area contributed by atoms with E-state index in [-0.39, 0.29) is 17.2 Å². The molecule has 1 aromatic heterocycles. The average Bonchev–Trinajstić information content (AvgIpc) is 2.16. The van der Waals surface area contributed by atoms with Gasteiger partial charge in [0.05, 0.1) is 12.7 Å². The van der Waals surface area contributed by atoms with Crippen LogP contribution in [0.15, 0.2) is 5.16 Å². The molecule has 0 saturated heterocycles. The lowest BCUT2D eigenvalue weighted by molar-refractivity contribution is 0.196. The summed E-state index contributed by atoms with van der Waals surface area (Å²) in [5.74, 6) is 0.124. The Bertz CT molecular complexity index is 348. The predicted octanol–water partition coefficient (Wildman–Crippen LogP) is 0.714. The van der Waals surface area contributed by atoms with Crippen molar-refractivity contribution in [1.29, 1.82) is 0 Å². The molecular weight excluding hydrogens is 228 g/mol. The number of anilines is 1. The minimum absolute atomic E-state index is 0.0173. The van der Waals surface area contributed by atoms with E-state index >= 15 is 0 Å². The summed E-state index contributed by atoms with van der Waals surface area (Å²) in [4.78, 5) is 11.9. The molecule has 2 unspecified atom stereocenters. The molecule has 0 saturated carbocycles. The molecule has 16 heavy (non-hydrogen) atoms. The maximum absolute atomic E-state index is 9.37. The molecule has 0 aliphatic rings. The Morgan fingerprint density at radius 3 is 2.62 bits per heavy atom. The zero-order valence-corrected chi connectivity index (χ0v) is 10.4. The van der Waals surface area contributed by atoms with Gasteiger partial charge in [-0.3, -0.25) is 0 Å². The van der Waals surface area contributed by atoms with Crippen molar-refractivity contribution in [2.45, 2.75) is 37.3 Å². The maximum Gasteiger partial charge on any atom is 0.322 e. The first-order valence-corrected chi connectivity index (χ1v) is 5.90. The quantitative estimate of drug-likeness (QED) is 0.737. The van der Waals surface area contributed by atoms with Crippen LogP contribution in [-0.4, -0.2) is 38.0 Å². The molecule has 0 aromatic carbocycles. The molecule has 0 fully saturated rings. The van der Waals surface area contributed by atoms with E-state index in [1.165, 1.54) is 11.8 Å². The van der Waals surface area contributed by atoms with E-state index in [1.54, 1.807) is 6.92 Å². The molecule has 1 rings (SSSR count). The topological polar surface area (TPSA) is 94.2 Å². The molecule has 2 atom stereocenters. The molecule has 0 spiro atoms. The summed E-state index contributed by atoms with van der Waals surface area (Å²) in [5.41, 5.74) is 5.52. The second-order valence-electron chi connectivity index (χ2n) is 3.26. The predicted molar refractivity (Wildman–Crippen MR) is 62.4 cm³/mol. The van der Waals surface area contributed by atoms with Gasteiger partial charge >= 0.3 is 6.01 Å². The van der Waals surface area contributed by atoms with Gasteiger partial charge in [-0.05, 0) is 13.8 Å². The van der Waals surface area contributed by atoms with Gasteiger partial charge in [0.2, 0.25) is 5.95 Å².